The first kappa shape index (κ1) is 12.4. The van der Waals surface area contributed by atoms with E-state index >= 15 is 0 Å². The van der Waals surface area contributed by atoms with Gasteiger partial charge in [-0.1, -0.05) is 24.6 Å². The molecule has 2 rings (SSSR count). The first-order valence-electron chi connectivity index (χ1n) is 5.53. The topological polar surface area (TPSA) is 88.0 Å². The van der Waals surface area contributed by atoms with E-state index in [9.17, 15) is 14.7 Å². The van der Waals surface area contributed by atoms with Gasteiger partial charge in [0, 0.05) is 12.8 Å². The van der Waals surface area contributed by atoms with Crippen molar-refractivity contribution in [3.05, 3.63) is 20.7 Å². The maximum absolute atomic E-state index is 11.1. The van der Waals surface area contributed by atoms with Gasteiger partial charge >= 0.3 is 11.1 Å². The van der Waals surface area contributed by atoms with Crippen LogP contribution < -0.4 is 11.1 Å². The van der Waals surface area contributed by atoms with Crippen LogP contribution in [0.5, 0.6) is 0 Å². The van der Waals surface area contributed by atoms with E-state index in [0.29, 0.717) is 10.9 Å². The molecule has 0 aliphatic heterocycles. The Morgan fingerprint density at radius 1 is 1.47 bits per heavy atom. The zero-order chi connectivity index (χ0) is 12.5. The Morgan fingerprint density at radius 2 is 2.12 bits per heavy atom. The molecule has 1 fully saturated rings. The number of aliphatic hydroxyl groups is 1. The van der Waals surface area contributed by atoms with Gasteiger partial charge in [0.2, 0.25) is 0 Å². The summed E-state index contributed by atoms with van der Waals surface area (Å²) in [5.74, 6) is 0.499. The molecule has 1 aliphatic carbocycles. The smallest absolute Gasteiger partial charge is 0.339 e. The summed E-state index contributed by atoms with van der Waals surface area (Å²) in [6.45, 7) is 0. The van der Waals surface area contributed by atoms with Crippen LogP contribution in [0.3, 0.4) is 0 Å². The zero-order valence-electron chi connectivity index (χ0n) is 9.60. The van der Waals surface area contributed by atoms with E-state index in [1.165, 1.54) is 16.4 Å². The van der Waals surface area contributed by atoms with E-state index in [1.54, 1.807) is 7.05 Å². The van der Waals surface area contributed by atoms with Gasteiger partial charge in [-0.3, -0.25) is 19.4 Å². The molecular formula is C10H15N3O3S. The lowest BCUT2D eigenvalue weighted by atomic mass is 10.1. The highest BCUT2D eigenvalue weighted by atomic mass is 32.2. The molecule has 0 bridgehead atoms. The Balaban J connectivity index is 2.11. The lowest BCUT2D eigenvalue weighted by Crippen LogP contribution is -2.34. The van der Waals surface area contributed by atoms with Crippen LogP contribution >= 0.6 is 11.8 Å². The Bertz CT molecular complexity index is 516. The number of hydrogen-bond donors (Lipinski definition) is 2. The molecule has 1 aromatic rings. The third-order valence-corrected chi connectivity index (χ3v) is 4.26. The molecule has 0 amide bonds. The number of nitrogens with one attached hydrogen (secondary N) is 1. The predicted molar refractivity (Wildman–Crippen MR) is 64.2 cm³/mol. The Morgan fingerprint density at radius 3 is 2.76 bits per heavy atom. The van der Waals surface area contributed by atoms with Gasteiger partial charge in [0.25, 0.3) is 0 Å². The maximum atomic E-state index is 11.1. The van der Waals surface area contributed by atoms with Crippen molar-refractivity contribution in [3.8, 4) is 0 Å². The number of aromatic amines is 1. The number of nitrogens with zero attached hydrogens (tertiary/aromatic N) is 2. The highest BCUT2D eigenvalue weighted by Crippen LogP contribution is 2.33. The number of hydrogen-bond acceptors (Lipinski definition) is 5. The van der Waals surface area contributed by atoms with E-state index < -0.39 is 16.7 Å². The molecule has 1 saturated carbocycles. The van der Waals surface area contributed by atoms with Crippen molar-refractivity contribution in [2.75, 3.05) is 5.75 Å². The summed E-state index contributed by atoms with van der Waals surface area (Å²) in [6.07, 6.45) is 3.65. The van der Waals surface area contributed by atoms with Crippen LogP contribution in [0.2, 0.25) is 0 Å². The van der Waals surface area contributed by atoms with E-state index in [1.807, 2.05) is 0 Å². The van der Waals surface area contributed by atoms with Gasteiger partial charge in [-0.05, 0) is 12.8 Å². The summed E-state index contributed by atoms with van der Waals surface area (Å²) < 4.78 is 1.41. The van der Waals surface area contributed by atoms with Crippen molar-refractivity contribution in [2.45, 2.75) is 36.4 Å². The molecule has 0 unspecified atom stereocenters. The molecule has 0 spiro atoms. The molecule has 1 aliphatic rings. The molecule has 2 N–H and O–H groups in total. The quantitative estimate of drug-likeness (QED) is 0.581. The fraction of sp³-hybridized carbons (Fsp3) is 0.700. The maximum Gasteiger partial charge on any atom is 0.339 e. The fourth-order valence-corrected chi connectivity index (χ4v) is 3.04. The summed E-state index contributed by atoms with van der Waals surface area (Å²) in [7, 11) is 1.62. The van der Waals surface area contributed by atoms with Crippen molar-refractivity contribution < 1.29 is 5.11 Å². The lowest BCUT2D eigenvalue weighted by molar-refractivity contribution is 0.0731. The highest BCUT2D eigenvalue weighted by molar-refractivity contribution is 7.99. The summed E-state index contributed by atoms with van der Waals surface area (Å²) in [5, 5.41) is 13.0. The Labute approximate surface area is 102 Å². The second-order valence-electron chi connectivity index (χ2n) is 4.42. The minimum atomic E-state index is -0.788. The molecule has 1 heterocycles. The highest BCUT2D eigenvalue weighted by Gasteiger charge is 2.31. The van der Waals surface area contributed by atoms with Crippen molar-refractivity contribution in [1.29, 1.82) is 0 Å². The summed E-state index contributed by atoms with van der Waals surface area (Å²) >= 11 is 1.30. The van der Waals surface area contributed by atoms with Gasteiger partial charge in [-0.2, -0.15) is 4.98 Å². The predicted octanol–water partition coefficient (Wildman–Crippen LogP) is -0.134. The Kier molecular flexibility index (Phi) is 3.39. The van der Waals surface area contributed by atoms with Crippen LogP contribution in [-0.4, -0.2) is 31.2 Å². The SMILES string of the molecule is Cn1[nH]c(=O)c(=O)nc1SCC1(O)CCCC1. The lowest BCUT2D eigenvalue weighted by Gasteiger charge is -2.21. The Hall–Kier alpha value is -1.08. The molecule has 1 aromatic heterocycles. The van der Waals surface area contributed by atoms with E-state index in [2.05, 4.69) is 10.1 Å². The van der Waals surface area contributed by atoms with Gasteiger partial charge in [-0.25, -0.2) is 0 Å². The summed E-state index contributed by atoms with van der Waals surface area (Å²) in [6, 6.07) is 0. The summed E-state index contributed by atoms with van der Waals surface area (Å²) in [5.41, 5.74) is -2.17. The molecule has 0 radical (unpaired) electrons. The van der Waals surface area contributed by atoms with Crippen molar-refractivity contribution in [1.82, 2.24) is 14.8 Å². The number of thioether (sulfide) groups is 1. The monoisotopic (exact) mass is 257 g/mol. The number of aromatic nitrogens is 3. The first-order valence-corrected chi connectivity index (χ1v) is 6.51. The van der Waals surface area contributed by atoms with Gasteiger partial charge in [0.15, 0.2) is 5.16 Å². The molecule has 7 heteroatoms. The molecule has 0 atom stereocenters. The van der Waals surface area contributed by atoms with Crippen LogP contribution in [0.25, 0.3) is 0 Å². The standard InChI is InChI=1S/C10H15N3O3S/c1-13-9(11-7(14)8(15)12-13)17-6-10(16)4-2-3-5-10/h16H,2-6H2,1H3,(H,12,15). The first-order chi connectivity index (χ1) is 8.00. The molecule has 0 saturated heterocycles. The second-order valence-corrected chi connectivity index (χ2v) is 5.36. The normalized spacial score (nSPS) is 18.5. The number of aryl methyl sites for hydroxylation is 1. The number of rotatable bonds is 3. The minimum Gasteiger partial charge on any atom is -0.389 e. The van der Waals surface area contributed by atoms with Crippen LogP contribution in [0.1, 0.15) is 25.7 Å². The van der Waals surface area contributed by atoms with Gasteiger partial charge in [0.1, 0.15) is 0 Å². The summed E-state index contributed by atoms with van der Waals surface area (Å²) in [4.78, 5) is 25.8. The van der Waals surface area contributed by atoms with Crippen LogP contribution in [0.15, 0.2) is 14.7 Å². The molecular weight excluding hydrogens is 242 g/mol. The van der Waals surface area contributed by atoms with Gasteiger partial charge < -0.3 is 5.11 Å². The molecule has 6 nitrogen and oxygen atoms in total. The number of H-pyrrole nitrogens is 1. The average Bonchev–Trinajstić information content (AvgIpc) is 2.69. The second kappa shape index (κ2) is 4.66. The fourth-order valence-electron chi connectivity index (χ4n) is 1.97. The minimum absolute atomic E-state index is 0.426. The van der Waals surface area contributed by atoms with E-state index in [-0.39, 0.29) is 0 Å². The van der Waals surface area contributed by atoms with Crippen LogP contribution in [0, 0.1) is 0 Å². The third-order valence-electron chi connectivity index (χ3n) is 2.95. The van der Waals surface area contributed by atoms with Gasteiger partial charge in [0.05, 0.1) is 5.60 Å². The van der Waals surface area contributed by atoms with Crippen molar-refractivity contribution in [3.63, 3.8) is 0 Å². The van der Waals surface area contributed by atoms with Crippen LogP contribution in [-0.2, 0) is 7.05 Å². The van der Waals surface area contributed by atoms with Gasteiger partial charge in [-0.15, -0.1) is 0 Å². The van der Waals surface area contributed by atoms with Crippen molar-refractivity contribution in [2.24, 2.45) is 7.05 Å². The molecule has 0 aromatic carbocycles. The van der Waals surface area contributed by atoms with E-state index in [4.69, 9.17) is 0 Å². The average molecular weight is 257 g/mol. The molecule has 94 valence electrons. The van der Waals surface area contributed by atoms with Crippen LogP contribution in [0.4, 0.5) is 0 Å². The largest absolute Gasteiger partial charge is 0.389 e. The van der Waals surface area contributed by atoms with E-state index in [0.717, 1.165) is 25.7 Å². The third kappa shape index (κ3) is 2.78. The zero-order valence-corrected chi connectivity index (χ0v) is 10.4. The van der Waals surface area contributed by atoms with Crippen molar-refractivity contribution >= 4 is 11.8 Å². The molecule has 17 heavy (non-hydrogen) atoms.